The summed E-state index contributed by atoms with van der Waals surface area (Å²) in [5.74, 6) is 1.37. The van der Waals surface area contributed by atoms with Gasteiger partial charge in [0, 0.05) is 18.2 Å². The van der Waals surface area contributed by atoms with Crippen LogP contribution in [0.4, 0.5) is 4.39 Å². The predicted molar refractivity (Wildman–Crippen MR) is 121 cm³/mol. The molecule has 0 amide bonds. The van der Waals surface area contributed by atoms with Crippen molar-refractivity contribution in [2.75, 3.05) is 27.4 Å². The van der Waals surface area contributed by atoms with Crippen LogP contribution < -0.4 is 18.9 Å². The summed E-state index contributed by atoms with van der Waals surface area (Å²) in [4.78, 5) is -0.0185. The molecule has 2 heterocycles. The Bertz CT molecular complexity index is 1440. The fourth-order valence-corrected chi connectivity index (χ4v) is 4.30. The minimum atomic E-state index is -3.80. The van der Waals surface area contributed by atoms with Crippen LogP contribution in [0.2, 0.25) is 0 Å². The lowest BCUT2D eigenvalue weighted by Crippen LogP contribution is -2.28. The van der Waals surface area contributed by atoms with E-state index in [1.54, 1.807) is 44.6 Å². The lowest BCUT2D eigenvalue weighted by Gasteiger charge is -2.10. The standard InChI is InChI=1S/C22H22FN5O5S/c1-14-12-16(5-6-17(14)23)34(29,30)24-10-11-33-21-9-8-20-25-26-22(28(20)27-21)15-4-7-18(31-2)19(13-15)32-3/h4-9,12-13,24H,10-11H2,1-3H3. The topological polar surface area (TPSA) is 117 Å². The van der Waals surface area contributed by atoms with Crippen LogP contribution in [0.1, 0.15) is 5.56 Å². The van der Waals surface area contributed by atoms with Crippen molar-refractivity contribution in [2.24, 2.45) is 0 Å². The number of aryl methyl sites for hydroxylation is 1. The van der Waals surface area contributed by atoms with Gasteiger partial charge in [-0.15, -0.1) is 15.3 Å². The third-order valence-corrected chi connectivity index (χ3v) is 6.42. The molecular weight excluding hydrogens is 465 g/mol. The molecule has 0 atom stereocenters. The molecule has 34 heavy (non-hydrogen) atoms. The third kappa shape index (κ3) is 4.77. The summed E-state index contributed by atoms with van der Waals surface area (Å²) in [5, 5.41) is 12.7. The third-order valence-electron chi connectivity index (χ3n) is 4.96. The molecule has 178 valence electrons. The van der Waals surface area contributed by atoms with Gasteiger partial charge in [0.2, 0.25) is 15.9 Å². The number of nitrogens with zero attached hydrogens (tertiary/aromatic N) is 4. The van der Waals surface area contributed by atoms with E-state index in [2.05, 4.69) is 20.0 Å². The summed E-state index contributed by atoms with van der Waals surface area (Å²) in [5.41, 5.74) is 1.46. The van der Waals surface area contributed by atoms with Crippen molar-refractivity contribution in [1.82, 2.24) is 24.5 Å². The number of methoxy groups -OCH3 is 2. The van der Waals surface area contributed by atoms with Gasteiger partial charge < -0.3 is 14.2 Å². The van der Waals surface area contributed by atoms with E-state index in [0.717, 1.165) is 6.07 Å². The molecule has 10 nitrogen and oxygen atoms in total. The molecule has 0 fully saturated rings. The van der Waals surface area contributed by atoms with Crippen molar-refractivity contribution in [3.63, 3.8) is 0 Å². The van der Waals surface area contributed by atoms with Gasteiger partial charge in [-0.3, -0.25) is 0 Å². The Morgan fingerprint density at radius 2 is 1.79 bits per heavy atom. The highest BCUT2D eigenvalue weighted by Gasteiger charge is 2.16. The molecule has 4 aromatic rings. The Morgan fingerprint density at radius 1 is 1.00 bits per heavy atom. The number of fused-ring (bicyclic) bond motifs is 1. The Balaban J connectivity index is 1.46. The molecule has 0 saturated carbocycles. The van der Waals surface area contributed by atoms with Gasteiger partial charge in [0.15, 0.2) is 23.0 Å². The maximum absolute atomic E-state index is 13.4. The van der Waals surface area contributed by atoms with Crippen molar-refractivity contribution >= 4 is 15.7 Å². The summed E-state index contributed by atoms with van der Waals surface area (Å²) in [6.07, 6.45) is 0. The zero-order chi connectivity index (χ0) is 24.3. The number of sulfonamides is 1. The first-order valence-corrected chi connectivity index (χ1v) is 11.6. The van der Waals surface area contributed by atoms with Crippen molar-refractivity contribution in [3.8, 4) is 28.8 Å². The normalized spacial score (nSPS) is 11.5. The number of hydrogen-bond donors (Lipinski definition) is 1. The summed E-state index contributed by atoms with van der Waals surface area (Å²) in [7, 11) is -0.707. The van der Waals surface area contributed by atoms with Crippen molar-refractivity contribution in [3.05, 3.63) is 59.9 Å². The second-order valence-corrected chi connectivity index (χ2v) is 8.96. The average Bonchev–Trinajstić information content (AvgIpc) is 3.26. The summed E-state index contributed by atoms with van der Waals surface area (Å²) < 4.78 is 58.4. The molecule has 0 radical (unpaired) electrons. The number of benzene rings is 2. The van der Waals surface area contributed by atoms with Crippen LogP contribution >= 0.6 is 0 Å². The lowest BCUT2D eigenvalue weighted by atomic mass is 10.2. The van der Waals surface area contributed by atoms with Gasteiger partial charge in [-0.2, -0.15) is 4.52 Å². The molecule has 2 aromatic carbocycles. The highest BCUT2D eigenvalue weighted by atomic mass is 32.2. The van der Waals surface area contributed by atoms with Gasteiger partial charge in [0.1, 0.15) is 12.4 Å². The first-order valence-electron chi connectivity index (χ1n) is 10.2. The highest BCUT2D eigenvalue weighted by molar-refractivity contribution is 7.89. The van der Waals surface area contributed by atoms with E-state index in [1.165, 1.54) is 23.6 Å². The van der Waals surface area contributed by atoms with Gasteiger partial charge in [-0.05, 0) is 55.0 Å². The maximum atomic E-state index is 13.4. The number of nitrogens with one attached hydrogen (secondary N) is 1. The van der Waals surface area contributed by atoms with Crippen LogP contribution in [0.15, 0.2) is 53.4 Å². The Kier molecular flexibility index (Phi) is 6.61. The smallest absolute Gasteiger partial charge is 0.240 e. The van der Waals surface area contributed by atoms with Gasteiger partial charge in [-0.1, -0.05) is 0 Å². The molecule has 0 aliphatic carbocycles. The Morgan fingerprint density at radius 3 is 2.53 bits per heavy atom. The number of ether oxygens (including phenoxy) is 3. The van der Waals surface area contributed by atoms with E-state index < -0.39 is 15.8 Å². The van der Waals surface area contributed by atoms with E-state index in [-0.39, 0.29) is 29.5 Å². The van der Waals surface area contributed by atoms with E-state index in [9.17, 15) is 12.8 Å². The van der Waals surface area contributed by atoms with Crippen LogP contribution in [-0.2, 0) is 10.0 Å². The molecule has 0 aliphatic heterocycles. The average molecular weight is 488 g/mol. The highest BCUT2D eigenvalue weighted by Crippen LogP contribution is 2.31. The molecule has 0 unspecified atom stereocenters. The van der Waals surface area contributed by atoms with Gasteiger partial charge in [0.05, 0.1) is 19.1 Å². The minimum Gasteiger partial charge on any atom is -0.493 e. The van der Waals surface area contributed by atoms with E-state index in [1.807, 2.05) is 0 Å². The summed E-state index contributed by atoms with van der Waals surface area (Å²) >= 11 is 0. The Labute approximate surface area is 195 Å². The molecule has 0 bridgehead atoms. The predicted octanol–water partition coefficient (Wildman–Crippen LogP) is 2.61. The van der Waals surface area contributed by atoms with Gasteiger partial charge in [0.25, 0.3) is 0 Å². The van der Waals surface area contributed by atoms with E-state index in [0.29, 0.717) is 28.5 Å². The minimum absolute atomic E-state index is 0.0107. The van der Waals surface area contributed by atoms with Crippen LogP contribution in [0.3, 0.4) is 0 Å². The first kappa shape index (κ1) is 23.4. The second-order valence-electron chi connectivity index (χ2n) is 7.19. The largest absolute Gasteiger partial charge is 0.493 e. The molecule has 12 heteroatoms. The van der Waals surface area contributed by atoms with E-state index in [4.69, 9.17) is 14.2 Å². The molecule has 1 N–H and O–H groups in total. The molecule has 0 aliphatic rings. The number of aromatic nitrogens is 4. The maximum Gasteiger partial charge on any atom is 0.240 e. The van der Waals surface area contributed by atoms with Crippen LogP contribution in [0, 0.1) is 12.7 Å². The first-order chi connectivity index (χ1) is 16.3. The number of halogens is 1. The van der Waals surface area contributed by atoms with E-state index >= 15 is 0 Å². The molecule has 2 aromatic heterocycles. The second kappa shape index (κ2) is 9.61. The zero-order valence-corrected chi connectivity index (χ0v) is 19.5. The zero-order valence-electron chi connectivity index (χ0n) is 18.6. The van der Waals surface area contributed by atoms with Crippen LogP contribution in [-0.4, -0.2) is 55.6 Å². The van der Waals surface area contributed by atoms with Crippen LogP contribution in [0.25, 0.3) is 17.0 Å². The van der Waals surface area contributed by atoms with Gasteiger partial charge in [-0.25, -0.2) is 17.5 Å². The number of rotatable bonds is 9. The number of hydrogen-bond acceptors (Lipinski definition) is 8. The Hall–Kier alpha value is -3.77. The summed E-state index contributed by atoms with van der Waals surface area (Å²) in [6, 6.07) is 12.2. The quantitative estimate of drug-likeness (QED) is 0.358. The molecular formula is C22H22FN5O5S. The van der Waals surface area contributed by atoms with Crippen molar-refractivity contribution in [1.29, 1.82) is 0 Å². The fraction of sp³-hybridized carbons (Fsp3) is 0.227. The summed E-state index contributed by atoms with van der Waals surface area (Å²) in [6.45, 7) is 1.51. The molecule has 4 rings (SSSR count). The SMILES string of the molecule is COc1ccc(-c2nnc3ccc(OCCNS(=O)(=O)c4ccc(F)c(C)c4)nn23)cc1OC. The molecule has 0 saturated heterocycles. The monoisotopic (exact) mass is 487 g/mol. The van der Waals surface area contributed by atoms with Crippen molar-refractivity contribution < 1.29 is 27.0 Å². The van der Waals surface area contributed by atoms with Crippen LogP contribution in [0.5, 0.6) is 17.4 Å². The lowest BCUT2D eigenvalue weighted by molar-refractivity contribution is 0.306. The fourth-order valence-electron chi connectivity index (χ4n) is 3.20. The molecule has 0 spiro atoms. The van der Waals surface area contributed by atoms with Gasteiger partial charge >= 0.3 is 0 Å². The van der Waals surface area contributed by atoms with Crippen molar-refractivity contribution in [2.45, 2.75) is 11.8 Å².